The van der Waals surface area contributed by atoms with E-state index in [4.69, 9.17) is 8.22 Å². The standard InChI is InChI=1S/C13H11F2N/c1-8-3-6-13(16-9(8)2)11-5-4-10(14)7-12(11)15/h3-7H,1-2H3/i1D3,2D3. The van der Waals surface area contributed by atoms with E-state index in [9.17, 15) is 8.78 Å². The lowest BCUT2D eigenvalue weighted by molar-refractivity contribution is 0.585. The van der Waals surface area contributed by atoms with Crippen molar-refractivity contribution in [3.63, 3.8) is 0 Å². The minimum Gasteiger partial charge on any atom is -0.253 e. The molecule has 1 aromatic carbocycles. The van der Waals surface area contributed by atoms with E-state index in [1.807, 2.05) is 0 Å². The van der Waals surface area contributed by atoms with Crippen LogP contribution in [0.4, 0.5) is 8.78 Å². The zero-order chi connectivity index (χ0) is 16.7. The van der Waals surface area contributed by atoms with Gasteiger partial charge in [-0.05, 0) is 37.5 Å². The van der Waals surface area contributed by atoms with E-state index in [0.29, 0.717) is 6.07 Å². The smallest absolute Gasteiger partial charge is 0.135 e. The van der Waals surface area contributed by atoms with Crippen molar-refractivity contribution in [1.29, 1.82) is 0 Å². The maximum absolute atomic E-state index is 13.8. The molecule has 0 spiro atoms. The van der Waals surface area contributed by atoms with Crippen molar-refractivity contribution in [2.45, 2.75) is 13.7 Å². The topological polar surface area (TPSA) is 12.9 Å². The summed E-state index contributed by atoms with van der Waals surface area (Å²) in [5.41, 5.74) is -1.21. The second-order valence-electron chi connectivity index (χ2n) is 3.22. The predicted octanol–water partition coefficient (Wildman–Crippen LogP) is 3.64. The van der Waals surface area contributed by atoms with E-state index in [-0.39, 0.29) is 11.3 Å². The van der Waals surface area contributed by atoms with Crippen LogP contribution in [0.25, 0.3) is 11.3 Å². The van der Waals surface area contributed by atoms with Crippen LogP contribution in [0.2, 0.25) is 0 Å². The number of halogens is 2. The lowest BCUT2D eigenvalue weighted by Crippen LogP contribution is -1.93. The summed E-state index contributed by atoms with van der Waals surface area (Å²) in [5.74, 6) is -1.69. The van der Waals surface area contributed by atoms with Gasteiger partial charge in [-0.1, -0.05) is 6.07 Å². The third kappa shape index (κ3) is 1.94. The van der Waals surface area contributed by atoms with Crippen LogP contribution in [0.3, 0.4) is 0 Å². The number of hydrogen-bond acceptors (Lipinski definition) is 1. The lowest BCUT2D eigenvalue weighted by atomic mass is 10.1. The Labute approximate surface area is 101 Å². The molecular formula is C13H11F2N. The van der Waals surface area contributed by atoms with Crippen molar-refractivity contribution in [3.8, 4) is 11.3 Å². The zero-order valence-electron chi connectivity index (χ0n) is 14.1. The fourth-order valence-corrected chi connectivity index (χ4v) is 1.31. The van der Waals surface area contributed by atoms with Crippen molar-refractivity contribution in [1.82, 2.24) is 4.98 Å². The van der Waals surface area contributed by atoms with Crippen LogP contribution in [0.15, 0.2) is 30.3 Å². The van der Waals surface area contributed by atoms with Crippen molar-refractivity contribution < 1.29 is 17.0 Å². The first-order valence-corrected chi connectivity index (χ1v) is 4.47. The first-order chi connectivity index (χ1) is 10.00. The Balaban J connectivity index is 2.66. The summed E-state index contributed by atoms with van der Waals surface area (Å²) in [6.45, 7) is -5.42. The third-order valence-electron chi connectivity index (χ3n) is 2.10. The van der Waals surface area contributed by atoms with E-state index in [1.165, 1.54) is 6.07 Å². The third-order valence-corrected chi connectivity index (χ3v) is 2.10. The quantitative estimate of drug-likeness (QED) is 0.722. The summed E-state index contributed by atoms with van der Waals surface area (Å²) in [6.07, 6.45) is 0. The molecular weight excluding hydrogens is 208 g/mol. The van der Waals surface area contributed by atoms with Gasteiger partial charge in [0.25, 0.3) is 0 Å². The van der Waals surface area contributed by atoms with Crippen LogP contribution < -0.4 is 0 Å². The molecule has 2 aromatic rings. The summed E-state index contributed by atoms with van der Waals surface area (Å²) in [6, 6.07) is 5.05. The van der Waals surface area contributed by atoms with Crippen LogP contribution in [-0.4, -0.2) is 4.98 Å². The van der Waals surface area contributed by atoms with Gasteiger partial charge in [0.05, 0.1) is 5.69 Å². The molecule has 0 N–H and O–H groups in total. The van der Waals surface area contributed by atoms with E-state index < -0.39 is 36.6 Å². The Morgan fingerprint density at radius 1 is 1.12 bits per heavy atom. The van der Waals surface area contributed by atoms with Gasteiger partial charge in [0.2, 0.25) is 0 Å². The first-order valence-electron chi connectivity index (χ1n) is 7.47. The molecule has 0 bridgehead atoms. The maximum atomic E-state index is 13.8. The van der Waals surface area contributed by atoms with Gasteiger partial charge in [-0.3, -0.25) is 4.98 Å². The van der Waals surface area contributed by atoms with Gasteiger partial charge in [-0.15, -0.1) is 0 Å². The van der Waals surface area contributed by atoms with E-state index in [2.05, 4.69) is 4.98 Å². The van der Waals surface area contributed by atoms with Crippen molar-refractivity contribution >= 4 is 0 Å². The van der Waals surface area contributed by atoms with Gasteiger partial charge in [0, 0.05) is 25.5 Å². The monoisotopic (exact) mass is 225 g/mol. The molecule has 1 heterocycles. The maximum Gasteiger partial charge on any atom is 0.135 e. The fraction of sp³-hybridized carbons (Fsp3) is 0.154. The zero-order valence-corrected chi connectivity index (χ0v) is 8.09. The number of pyridine rings is 1. The molecule has 0 aliphatic rings. The largest absolute Gasteiger partial charge is 0.253 e. The van der Waals surface area contributed by atoms with E-state index in [1.54, 1.807) is 0 Å². The van der Waals surface area contributed by atoms with Gasteiger partial charge < -0.3 is 0 Å². The molecule has 82 valence electrons. The summed E-state index contributed by atoms with van der Waals surface area (Å²) < 4.78 is 71.0. The number of hydrogen-bond donors (Lipinski definition) is 0. The van der Waals surface area contributed by atoms with Crippen LogP contribution >= 0.6 is 0 Å². The molecule has 0 saturated carbocycles. The molecule has 16 heavy (non-hydrogen) atoms. The molecule has 2 rings (SSSR count). The average Bonchev–Trinajstić information content (AvgIpc) is 2.36. The number of aromatic nitrogens is 1. The number of benzene rings is 1. The average molecular weight is 225 g/mol. The second kappa shape index (κ2) is 4.00. The first kappa shape index (κ1) is 5.53. The molecule has 1 aromatic heterocycles. The molecule has 0 aliphatic carbocycles. The Kier molecular flexibility index (Phi) is 1.38. The van der Waals surface area contributed by atoms with Crippen molar-refractivity contribution in [2.24, 2.45) is 0 Å². The minimum atomic E-state index is -2.77. The Bertz CT molecular complexity index is 709. The molecule has 0 unspecified atom stereocenters. The fourth-order valence-electron chi connectivity index (χ4n) is 1.31. The normalized spacial score (nSPS) is 17.6. The summed E-state index contributed by atoms with van der Waals surface area (Å²) in [4.78, 5) is 3.79. The van der Waals surface area contributed by atoms with E-state index in [0.717, 1.165) is 18.2 Å². The molecule has 0 fully saturated rings. The molecule has 0 amide bonds. The summed E-state index contributed by atoms with van der Waals surface area (Å²) in [7, 11) is 0. The molecule has 1 nitrogen and oxygen atoms in total. The Morgan fingerprint density at radius 2 is 2.00 bits per heavy atom. The van der Waals surface area contributed by atoms with Gasteiger partial charge in [0.15, 0.2) is 0 Å². The molecule has 3 heteroatoms. The Hall–Kier alpha value is -1.77. The highest BCUT2D eigenvalue weighted by Gasteiger charge is 2.08. The predicted molar refractivity (Wildman–Crippen MR) is 59.1 cm³/mol. The highest BCUT2D eigenvalue weighted by atomic mass is 19.1. The molecule has 0 radical (unpaired) electrons. The molecule has 0 saturated heterocycles. The van der Waals surface area contributed by atoms with Crippen LogP contribution in [0.5, 0.6) is 0 Å². The lowest BCUT2D eigenvalue weighted by Gasteiger charge is -2.05. The minimum absolute atomic E-state index is 0.0726. The van der Waals surface area contributed by atoms with Crippen LogP contribution in [0.1, 0.15) is 19.5 Å². The summed E-state index contributed by atoms with van der Waals surface area (Å²) in [5, 5.41) is 0. The Morgan fingerprint density at radius 3 is 2.69 bits per heavy atom. The van der Waals surface area contributed by atoms with E-state index >= 15 is 0 Å². The van der Waals surface area contributed by atoms with Gasteiger partial charge >= 0.3 is 0 Å². The number of nitrogens with zero attached hydrogens (tertiary/aromatic N) is 1. The van der Waals surface area contributed by atoms with Crippen LogP contribution in [-0.2, 0) is 0 Å². The van der Waals surface area contributed by atoms with Gasteiger partial charge in [0.1, 0.15) is 11.6 Å². The van der Waals surface area contributed by atoms with Crippen molar-refractivity contribution in [3.05, 3.63) is 53.2 Å². The summed E-state index contributed by atoms with van der Waals surface area (Å²) >= 11 is 0. The molecule has 0 atom stereocenters. The van der Waals surface area contributed by atoms with Gasteiger partial charge in [-0.2, -0.15) is 0 Å². The highest BCUT2D eigenvalue weighted by Crippen LogP contribution is 2.22. The highest BCUT2D eigenvalue weighted by molar-refractivity contribution is 5.60. The van der Waals surface area contributed by atoms with Gasteiger partial charge in [-0.25, -0.2) is 8.78 Å². The second-order valence-corrected chi connectivity index (χ2v) is 3.22. The number of rotatable bonds is 1. The van der Waals surface area contributed by atoms with Crippen molar-refractivity contribution in [2.75, 3.05) is 0 Å². The SMILES string of the molecule is [2H]C([2H])([2H])c1ccc(-c2ccc(F)cc2F)nc1C([2H])([2H])[2H]. The molecule has 0 aliphatic heterocycles. The van der Waals surface area contributed by atoms with Crippen LogP contribution in [0, 0.1) is 25.3 Å². The number of aryl methyl sites for hydroxylation is 2.